The van der Waals surface area contributed by atoms with Gasteiger partial charge in [0.1, 0.15) is 85.5 Å². The van der Waals surface area contributed by atoms with Crippen LogP contribution < -0.4 is 0 Å². The maximum absolute atomic E-state index is 12.1. The maximum Gasteiger partial charge on any atom is 0.187 e. The summed E-state index contributed by atoms with van der Waals surface area (Å²) in [7, 11) is 0. The first-order valence-corrected chi connectivity index (χ1v) is 27.7. The van der Waals surface area contributed by atoms with Gasteiger partial charge in [-0.2, -0.15) is 0 Å². The standard InChI is InChI=1S/C54H88O21/c1-24-32(57)35(60)38(63)45(69-24)75-43-34(59)27(21-67-44-40(65)37(62)42(25(2)70-44)74-46-39(64)36(61)33(58)26(20-55)71-46)72-47(41(43)66)73-31-11-12-49(5)28(50(31,6)22-56)9-13-51(7)29(49)10-14-54-30-19-48(3,4)15-17-53(30,23-68-54)18-16-52(51,54)8/h10,14,24-47,55-66H,9,11-13,15-23H2,1-8H3/t24?,25?,26?,27?,28-,29-,30-,31+,32?,33?,34?,35?,36?,37?,38?,39?,40?,41?,42?,43?,44?,45?,46?,47?,49+,50+,51-,52+,53-,54+/m1/s1. The molecule has 5 aliphatic heterocycles. The lowest BCUT2D eigenvalue weighted by Gasteiger charge is -2.73. The number of ether oxygens (including phenoxy) is 9. The number of allylic oxidation sites excluding steroid dienone is 1. The monoisotopic (exact) mass is 1070 g/mol. The van der Waals surface area contributed by atoms with Crippen LogP contribution in [0.2, 0.25) is 0 Å². The van der Waals surface area contributed by atoms with Gasteiger partial charge in [0.2, 0.25) is 0 Å². The zero-order valence-electron chi connectivity index (χ0n) is 44.7. The van der Waals surface area contributed by atoms with Crippen LogP contribution in [0.5, 0.6) is 0 Å². The number of aliphatic hydroxyl groups excluding tert-OH is 12. The van der Waals surface area contributed by atoms with E-state index in [4.69, 9.17) is 42.6 Å². The highest BCUT2D eigenvalue weighted by Gasteiger charge is 2.77. The molecular formula is C54H88O21. The highest BCUT2D eigenvalue weighted by Crippen LogP contribution is 2.79. The second kappa shape index (κ2) is 20.1. The average Bonchev–Trinajstić information content (AvgIpc) is 3.66. The van der Waals surface area contributed by atoms with Crippen LogP contribution in [0.15, 0.2) is 12.2 Å². The van der Waals surface area contributed by atoms with Gasteiger partial charge in [0.05, 0.1) is 50.3 Å². The summed E-state index contributed by atoms with van der Waals surface area (Å²) < 4.78 is 55.4. The van der Waals surface area contributed by atoms with Crippen molar-refractivity contribution in [2.75, 3.05) is 26.4 Å². The third kappa shape index (κ3) is 8.73. The summed E-state index contributed by atoms with van der Waals surface area (Å²) in [6.07, 6.45) is -18.6. The molecule has 12 N–H and O–H groups in total. The van der Waals surface area contributed by atoms with Crippen molar-refractivity contribution in [2.24, 2.45) is 50.2 Å². The summed E-state index contributed by atoms with van der Waals surface area (Å²) in [5.41, 5.74) is -1.26. The molecule has 30 atom stereocenters. The Balaban J connectivity index is 0.877. The number of fused-ring (bicyclic) bond motifs is 4. The first kappa shape index (κ1) is 57.1. The molecule has 1 spiro atoms. The van der Waals surface area contributed by atoms with E-state index in [0.717, 1.165) is 45.1 Å². The molecule has 430 valence electrons. The number of hydrogen-bond acceptors (Lipinski definition) is 21. The van der Waals surface area contributed by atoms with Crippen molar-refractivity contribution in [3.63, 3.8) is 0 Å². The number of rotatable bonds is 11. The molecule has 2 bridgehead atoms. The van der Waals surface area contributed by atoms with Crippen molar-refractivity contribution in [2.45, 2.75) is 248 Å². The van der Waals surface area contributed by atoms with Crippen LogP contribution in [0.3, 0.4) is 0 Å². The minimum Gasteiger partial charge on any atom is -0.396 e. The Morgan fingerprint density at radius 2 is 1.16 bits per heavy atom. The number of hydrogen-bond donors (Lipinski definition) is 12. The molecule has 0 aromatic rings. The van der Waals surface area contributed by atoms with Gasteiger partial charge in [0.15, 0.2) is 25.2 Å². The fourth-order valence-electron chi connectivity index (χ4n) is 17.1. The molecule has 10 aliphatic rings. The lowest BCUT2D eigenvalue weighted by molar-refractivity contribution is -0.377. The van der Waals surface area contributed by atoms with Crippen LogP contribution in [-0.4, -0.2) is 222 Å². The van der Waals surface area contributed by atoms with E-state index >= 15 is 0 Å². The van der Waals surface area contributed by atoms with E-state index in [2.05, 4.69) is 46.8 Å². The summed E-state index contributed by atoms with van der Waals surface area (Å²) in [6, 6.07) is 0. The summed E-state index contributed by atoms with van der Waals surface area (Å²) in [6.45, 7) is 16.4. The maximum atomic E-state index is 12.1. The molecule has 10 rings (SSSR count). The lowest BCUT2D eigenvalue weighted by Crippen LogP contribution is -2.71. The predicted molar refractivity (Wildman–Crippen MR) is 259 cm³/mol. The van der Waals surface area contributed by atoms with Crippen molar-refractivity contribution < 1.29 is 104 Å². The van der Waals surface area contributed by atoms with E-state index in [1.165, 1.54) is 26.7 Å². The van der Waals surface area contributed by atoms with Gasteiger partial charge >= 0.3 is 0 Å². The summed E-state index contributed by atoms with van der Waals surface area (Å²) in [4.78, 5) is 0. The van der Waals surface area contributed by atoms with Gasteiger partial charge in [0, 0.05) is 16.7 Å². The van der Waals surface area contributed by atoms with E-state index in [1.807, 2.05) is 6.92 Å². The van der Waals surface area contributed by atoms with E-state index in [9.17, 15) is 61.3 Å². The van der Waals surface area contributed by atoms with Crippen molar-refractivity contribution in [1.82, 2.24) is 0 Å². The Morgan fingerprint density at radius 1 is 0.547 bits per heavy atom. The molecule has 4 saturated carbocycles. The highest BCUT2D eigenvalue weighted by atomic mass is 16.8. The molecule has 21 nitrogen and oxygen atoms in total. The summed E-state index contributed by atoms with van der Waals surface area (Å²) >= 11 is 0. The van der Waals surface area contributed by atoms with Gasteiger partial charge in [-0.15, -0.1) is 0 Å². The minimum atomic E-state index is -1.83. The van der Waals surface area contributed by atoms with Crippen LogP contribution in [0.25, 0.3) is 0 Å². The Hall–Kier alpha value is -1.10. The van der Waals surface area contributed by atoms with Crippen molar-refractivity contribution in [1.29, 1.82) is 0 Å². The van der Waals surface area contributed by atoms with Crippen LogP contribution in [0.1, 0.15) is 113 Å². The highest BCUT2D eigenvalue weighted by molar-refractivity contribution is 5.35. The quantitative estimate of drug-likeness (QED) is 0.0915. The normalized spacial score (nSPS) is 58.3. The van der Waals surface area contributed by atoms with Crippen molar-refractivity contribution in [3.05, 3.63) is 12.2 Å². The smallest absolute Gasteiger partial charge is 0.187 e. The first-order chi connectivity index (χ1) is 35.2. The molecule has 0 amide bonds. The summed E-state index contributed by atoms with van der Waals surface area (Å²) in [5, 5.41) is 131. The van der Waals surface area contributed by atoms with Gasteiger partial charge in [-0.25, -0.2) is 0 Å². The third-order valence-electron chi connectivity index (χ3n) is 22.0. The van der Waals surface area contributed by atoms with E-state index in [1.54, 1.807) is 0 Å². The predicted octanol–water partition coefficient (Wildman–Crippen LogP) is -0.518. The summed E-state index contributed by atoms with van der Waals surface area (Å²) in [5.74, 6) is 0.571. The van der Waals surface area contributed by atoms with Gasteiger partial charge in [0.25, 0.3) is 0 Å². The van der Waals surface area contributed by atoms with Crippen molar-refractivity contribution in [3.8, 4) is 0 Å². The molecule has 5 saturated heterocycles. The number of aliphatic hydroxyl groups is 12. The first-order valence-electron chi connectivity index (χ1n) is 27.7. The van der Waals surface area contributed by atoms with E-state index < -0.39 is 148 Å². The van der Waals surface area contributed by atoms with E-state index in [0.29, 0.717) is 12.3 Å². The lowest BCUT2D eigenvalue weighted by atomic mass is 9.32. The Morgan fingerprint density at radius 3 is 1.85 bits per heavy atom. The molecule has 0 aromatic carbocycles. The molecule has 0 radical (unpaired) electrons. The van der Waals surface area contributed by atoms with Gasteiger partial charge < -0.3 is 104 Å². The van der Waals surface area contributed by atoms with Crippen LogP contribution in [0.4, 0.5) is 0 Å². The fraction of sp³-hybridized carbons (Fsp3) is 0.963. The molecule has 20 unspecified atom stereocenters. The van der Waals surface area contributed by atoms with Gasteiger partial charge in [-0.3, -0.25) is 0 Å². The van der Waals surface area contributed by atoms with Crippen molar-refractivity contribution >= 4 is 0 Å². The zero-order valence-corrected chi connectivity index (χ0v) is 44.7. The molecule has 75 heavy (non-hydrogen) atoms. The van der Waals surface area contributed by atoms with Gasteiger partial charge in [-0.05, 0) is 105 Å². The Bertz CT molecular complexity index is 2070. The molecular weight excluding hydrogens is 985 g/mol. The third-order valence-corrected chi connectivity index (χ3v) is 22.0. The average molecular weight is 1070 g/mol. The van der Waals surface area contributed by atoms with Crippen LogP contribution in [-0.2, 0) is 42.6 Å². The SMILES string of the molecule is CC1OC(OC2C(O)C(COC3OC(C)C(OC4OC(CO)C(O)C(O)C4O)C(O)C3O)OC(O[C@H]3CC[C@@]4(C)[C@@H](CC[C@]5(C)[C@@H]4C=C[C@]46OC[C@@]7(CCC(C)(C)C[C@H]74)CC[C@]65C)[C@]3(C)CO)C2O)C(O)C(O)C1O. The second-order valence-corrected chi connectivity index (χ2v) is 26.5. The zero-order chi connectivity index (χ0) is 54.3. The molecule has 21 heteroatoms. The van der Waals surface area contributed by atoms with Gasteiger partial charge in [-0.1, -0.05) is 53.7 Å². The topological polar surface area (TPSA) is 326 Å². The largest absolute Gasteiger partial charge is 0.396 e. The van der Waals surface area contributed by atoms with E-state index in [-0.39, 0.29) is 51.1 Å². The second-order valence-electron chi connectivity index (χ2n) is 26.5. The molecule has 9 fully saturated rings. The Kier molecular flexibility index (Phi) is 15.3. The minimum absolute atomic E-state index is 0.0422. The fourth-order valence-corrected chi connectivity index (χ4v) is 17.1. The van der Waals surface area contributed by atoms with Crippen LogP contribution in [0, 0.1) is 50.2 Å². The molecule has 5 heterocycles. The molecule has 0 aromatic heterocycles. The molecule has 5 aliphatic carbocycles. The Labute approximate surface area is 439 Å². The van der Waals surface area contributed by atoms with Crippen LogP contribution >= 0.6 is 0 Å².